The first-order valence-corrected chi connectivity index (χ1v) is 9.73. The number of carbonyl (C=O) groups is 2. The fraction of sp³-hybridized carbons (Fsp3) is 0.450. The van der Waals surface area contributed by atoms with Gasteiger partial charge in [-0.2, -0.15) is 0 Å². The van der Waals surface area contributed by atoms with Crippen LogP contribution in [0.3, 0.4) is 0 Å². The second-order valence-corrected chi connectivity index (χ2v) is 7.13. The number of aromatic nitrogens is 3. The first-order valence-electron chi connectivity index (χ1n) is 9.73. The van der Waals surface area contributed by atoms with Crippen LogP contribution in [0.25, 0.3) is 0 Å². The molecule has 0 saturated carbocycles. The lowest BCUT2D eigenvalue weighted by molar-refractivity contribution is -0.117. The third kappa shape index (κ3) is 4.67. The van der Waals surface area contributed by atoms with Gasteiger partial charge in [-0.1, -0.05) is 27.2 Å². The van der Waals surface area contributed by atoms with Crippen LogP contribution in [0.5, 0.6) is 0 Å². The zero-order valence-electron chi connectivity index (χ0n) is 16.8. The van der Waals surface area contributed by atoms with Gasteiger partial charge in [0.05, 0.1) is 25.0 Å². The molecule has 3 heterocycles. The topological polar surface area (TPSA) is 91.3 Å². The standard InChI is InChI=1S/C20H25FN6O2/c1-4-13(3)16-11-27(19-23-9-15(21)10-24-19)20(29)26(16)12-18(28)25-17-8-14(5-2)6-7-22-17/h6-10,13,16H,4-5,11-12H2,1-3H3,(H,22,25,28)/t13-,16+/m0/s1. The van der Waals surface area contributed by atoms with E-state index >= 15 is 0 Å². The highest BCUT2D eigenvalue weighted by molar-refractivity contribution is 5.98. The molecule has 0 aromatic carbocycles. The lowest BCUT2D eigenvalue weighted by Crippen LogP contribution is -2.43. The van der Waals surface area contributed by atoms with E-state index < -0.39 is 5.82 Å². The van der Waals surface area contributed by atoms with E-state index in [1.165, 1.54) is 9.80 Å². The number of amides is 3. The molecule has 0 aliphatic carbocycles. The number of aryl methyl sites for hydroxylation is 1. The fourth-order valence-corrected chi connectivity index (χ4v) is 3.32. The minimum absolute atomic E-state index is 0.108. The lowest BCUT2D eigenvalue weighted by Gasteiger charge is -2.26. The number of anilines is 2. The smallest absolute Gasteiger partial charge is 0.310 e. The fourth-order valence-electron chi connectivity index (χ4n) is 3.32. The van der Waals surface area contributed by atoms with Gasteiger partial charge in [-0.3, -0.25) is 9.69 Å². The molecule has 1 aliphatic rings. The van der Waals surface area contributed by atoms with Gasteiger partial charge in [0.15, 0.2) is 5.82 Å². The molecular formula is C20H25FN6O2. The summed E-state index contributed by atoms with van der Waals surface area (Å²) in [6.45, 7) is 6.32. The molecule has 1 N–H and O–H groups in total. The van der Waals surface area contributed by atoms with Crippen LogP contribution in [0.4, 0.5) is 21.0 Å². The Bertz CT molecular complexity index is 876. The van der Waals surface area contributed by atoms with Gasteiger partial charge in [-0.25, -0.2) is 24.1 Å². The van der Waals surface area contributed by atoms with Crippen molar-refractivity contribution in [1.29, 1.82) is 0 Å². The van der Waals surface area contributed by atoms with Gasteiger partial charge < -0.3 is 10.2 Å². The molecule has 9 heteroatoms. The third-order valence-electron chi connectivity index (χ3n) is 5.21. The summed E-state index contributed by atoms with van der Waals surface area (Å²) in [6.07, 6.45) is 5.36. The van der Waals surface area contributed by atoms with Crippen molar-refractivity contribution in [3.63, 3.8) is 0 Å². The van der Waals surface area contributed by atoms with Gasteiger partial charge in [0.2, 0.25) is 11.9 Å². The van der Waals surface area contributed by atoms with Gasteiger partial charge in [-0.05, 0) is 30.0 Å². The molecule has 2 aromatic heterocycles. The minimum atomic E-state index is -0.572. The van der Waals surface area contributed by atoms with Crippen molar-refractivity contribution in [2.24, 2.45) is 5.92 Å². The van der Waals surface area contributed by atoms with Gasteiger partial charge >= 0.3 is 6.03 Å². The molecule has 29 heavy (non-hydrogen) atoms. The van der Waals surface area contributed by atoms with Gasteiger partial charge in [0.25, 0.3) is 0 Å². The van der Waals surface area contributed by atoms with Crippen LogP contribution in [0.15, 0.2) is 30.7 Å². The number of nitrogens with one attached hydrogen (secondary N) is 1. The van der Waals surface area contributed by atoms with Crippen molar-refractivity contribution in [2.45, 2.75) is 39.7 Å². The number of halogens is 1. The highest BCUT2D eigenvalue weighted by Gasteiger charge is 2.42. The Morgan fingerprint density at radius 3 is 2.69 bits per heavy atom. The molecular weight excluding hydrogens is 375 g/mol. The van der Waals surface area contributed by atoms with Crippen molar-refractivity contribution in [3.8, 4) is 0 Å². The predicted molar refractivity (Wildman–Crippen MR) is 107 cm³/mol. The Balaban J connectivity index is 1.76. The van der Waals surface area contributed by atoms with E-state index in [4.69, 9.17) is 0 Å². The summed E-state index contributed by atoms with van der Waals surface area (Å²) in [4.78, 5) is 40.5. The highest BCUT2D eigenvalue weighted by Crippen LogP contribution is 2.26. The van der Waals surface area contributed by atoms with Crippen molar-refractivity contribution in [3.05, 3.63) is 42.1 Å². The first kappa shape index (κ1) is 20.6. The van der Waals surface area contributed by atoms with E-state index in [1.807, 2.05) is 32.9 Å². The number of nitrogens with zero attached hydrogens (tertiary/aromatic N) is 5. The molecule has 1 fully saturated rings. The summed E-state index contributed by atoms with van der Waals surface area (Å²) in [6, 6.07) is 3.16. The zero-order valence-corrected chi connectivity index (χ0v) is 16.8. The Morgan fingerprint density at radius 1 is 1.31 bits per heavy atom. The summed E-state index contributed by atoms with van der Waals surface area (Å²) in [5.41, 5.74) is 1.06. The van der Waals surface area contributed by atoms with Crippen LogP contribution < -0.4 is 10.2 Å². The summed E-state index contributed by atoms with van der Waals surface area (Å²) in [5, 5.41) is 2.76. The highest BCUT2D eigenvalue weighted by atomic mass is 19.1. The zero-order chi connectivity index (χ0) is 21.0. The number of rotatable bonds is 7. The van der Waals surface area contributed by atoms with Crippen LogP contribution in [0, 0.1) is 11.7 Å². The Labute approximate surface area is 169 Å². The normalized spacial score (nSPS) is 17.5. The summed E-state index contributed by atoms with van der Waals surface area (Å²) < 4.78 is 13.1. The lowest BCUT2D eigenvalue weighted by atomic mass is 9.99. The number of carbonyl (C=O) groups excluding carboxylic acids is 2. The summed E-state index contributed by atoms with van der Waals surface area (Å²) in [7, 11) is 0. The molecule has 154 valence electrons. The molecule has 0 spiro atoms. The van der Waals surface area contributed by atoms with Crippen molar-refractivity contribution < 1.29 is 14.0 Å². The molecule has 1 saturated heterocycles. The van der Waals surface area contributed by atoms with E-state index in [1.54, 1.807) is 6.20 Å². The molecule has 0 bridgehead atoms. The van der Waals surface area contributed by atoms with Gasteiger partial charge in [-0.15, -0.1) is 0 Å². The summed E-state index contributed by atoms with van der Waals surface area (Å²) >= 11 is 0. The Hall–Kier alpha value is -3.10. The van der Waals surface area contributed by atoms with Gasteiger partial charge in [0, 0.05) is 6.20 Å². The first-order chi connectivity index (χ1) is 13.9. The minimum Gasteiger partial charge on any atom is -0.310 e. The monoisotopic (exact) mass is 400 g/mol. The maximum absolute atomic E-state index is 13.1. The van der Waals surface area contributed by atoms with Crippen LogP contribution >= 0.6 is 0 Å². The Morgan fingerprint density at radius 2 is 2.03 bits per heavy atom. The van der Waals surface area contributed by atoms with Crippen LogP contribution in [-0.2, 0) is 11.2 Å². The van der Waals surface area contributed by atoms with Crippen LogP contribution in [-0.4, -0.2) is 50.9 Å². The van der Waals surface area contributed by atoms with Crippen LogP contribution in [0.2, 0.25) is 0 Å². The molecule has 8 nitrogen and oxygen atoms in total. The molecule has 3 rings (SSSR count). The second-order valence-electron chi connectivity index (χ2n) is 7.13. The molecule has 1 aliphatic heterocycles. The van der Waals surface area contributed by atoms with E-state index in [2.05, 4.69) is 20.3 Å². The number of urea groups is 1. The molecule has 2 aromatic rings. The maximum atomic E-state index is 13.1. The van der Waals surface area contributed by atoms with E-state index in [9.17, 15) is 14.0 Å². The Kier molecular flexibility index (Phi) is 6.36. The van der Waals surface area contributed by atoms with E-state index in [-0.39, 0.29) is 36.4 Å². The second kappa shape index (κ2) is 8.93. The molecule has 2 atom stereocenters. The molecule has 0 radical (unpaired) electrons. The number of pyridine rings is 1. The number of hydrogen-bond donors (Lipinski definition) is 1. The predicted octanol–water partition coefficient (Wildman–Crippen LogP) is 2.87. The number of hydrogen-bond acceptors (Lipinski definition) is 5. The average molecular weight is 400 g/mol. The van der Waals surface area contributed by atoms with Crippen LogP contribution in [0.1, 0.15) is 32.8 Å². The molecule has 3 amide bonds. The third-order valence-corrected chi connectivity index (χ3v) is 5.21. The maximum Gasteiger partial charge on any atom is 0.327 e. The largest absolute Gasteiger partial charge is 0.327 e. The van der Waals surface area contributed by atoms with Crippen molar-refractivity contribution >= 4 is 23.7 Å². The molecule has 0 unspecified atom stereocenters. The van der Waals surface area contributed by atoms with Gasteiger partial charge in [0.1, 0.15) is 12.4 Å². The quantitative estimate of drug-likeness (QED) is 0.772. The SMILES string of the molecule is CCc1ccnc(NC(=O)CN2C(=O)N(c3ncc(F)cn3)C[C@@H]2[C@@H](C)CC)c1. The van der Waals surface area contributed by atoms with E-state index in [0.29, 0.717) is 12.4 Å². The van der Waals surface area contributed by atoms with Crippen molar-refractivity contribution in [2.75, 3.05) is 23.3 Å². The average Bonchev–Trinajstić information content (AvgIpc) is 3.04. The summed E-state index contributed by atoms with van der Waals surface area (Å²) in [5.74, 6) is -0.144. The van der Waals surface area contributed by atoms with Crippen molar-refractivity contribution in [1.82, 2.24) is 19.9 Å². The van der Waals surface area contributed by atoms with E-state index in [0.717, 1.165) is 30.8 Å².